The second kappa shape index (κ2) is 5.79. The summed E-state index contributed by atoms with van der Waals surface area (Å²) in [5.41, 5.74) is -0.0868. The molecule has 1 aromatic rings. The van der Waals surface area contributed by atoms with Gasteiger partial charge in [-0.15, -0.1) is 0 Å². The summed E-state index contributed by atoms with van der Waals surface area (Å²) in [5.74, 6) is 0.693. The highest BCUT2D eigenvalue weighted by atomic mass is 16.6. The molecule has 1 fully saturated rings. The predicted octanol–water partition coefficient (Wildman–Crippen LogP) is 0.933. The van der Waals surface area contributed by atoms with Crippen molar-refractivity contribution in [3.8, 4) is 0 Å². The zero-order valence-electron chi connectivity index (χ0n) is 11.1. The lowest BCUT2D eigenvalue weighted by Gasteiger charge is -2.14. The molecule has 1 unspecified atom stereocenters. The average molecular weight is 266 g/mol. The molecule has 0 radical (unpaired) electrons. The first kappa shape index (κ1) is 13.5. The van der Waals surface area contributed by atoms with Gasteiger partial charge in [-0.3, -0.25) is 10.1 Å². The fourth-order valence-corrected chi connectivity index (χ4v) is 2.10. The molecule has 8 nitrogen and oxygen atoms in total. The Morgan fingerprint density at radius 3 is 3.00 bits per heavy atom. The Morgan fingerprint density at radius 1 is 1.63 bits per heavy atom. The Morgan fingerprint density at radius 2 is 2.42 bits per heavy atom. The summed E-state index contributed by atoms with van der Waals surface area (Å²) >= 11 is 0. The molecule has 2 heterocycles. The van der Waals surface area contributed by atoms with Gasteiger partial charge in [0.15, 0.2) is 0 Å². The molecule has 19 heavy (non-hydrogen) atoms. The highest BCUT2D eigenvalue weighted by molar-refractivity contribution is 5.57. The zero-order chi connectivity index (χ0) is 13.8. The quantitative estimate of drug-likeness (QED) is 0.604. The van der Waals surface area contributed by atoms with E-state index in [-0.39, 0.29) is 17.5 Å². The molecule has 2 rings (SSSR count). The van der Waals surface area contributed by atoms with Gasteiger partial charge >= 0.3 is 5.69 Å². The first-order valence-electron chi connectivity index (χ1n) is 6.30. The van der Waals surface area contributed by atoms with E-state index in [0.717, 1.165) is 19.5 Å². The van der Waals surface area contributed by atoms with Crippen LogP contribution in [0.2, 0.25) is 0 Å². The molecule has 2 N–H and O–H groups in total. The van der Waals surface area contributed by atoms with Gasteiger partial charge in [0, 0.05) is 19.1 Å². The van der Waals surface area contributed by atoms with E-state index in [0.29, 0.717) is 12.5 Å². The van der Waals surface area contributed by atoms with Crippen molar-refractivity contribution in [2.24, 2.45) is 0 Å². The van der Waals surface area contributed by atoms with Gasteiger partial charge in [-0.2, -0.15) is 4.98 Å². The van der Waals surface area contributed by atoms with Gasteiger partial charge in [-0.25, -0.2) is 4.98 Å². The Kier molecular flexibility index (Phi) is 4.10. The number of likely N-dealkylation sites (N-methyl/N-ethyl adjacent to an activating group) is 1. The van der Waals surface area contributed by atoms with Gasteiger partial charge in [0.1, 0.15) is 6.20 Å². The van der Waals surface area contributed by atoms with Crippen LogP contribution in [0.25, 0.3) is 0 Å². The number of anilines is 2. The van der Waals surface area contributed by atoms with Gasteiger partial charge in [-0.05, 0) is 26.9 Å². The molecule has 0 aromatic carbocycles. The second-order valence-electron chi connectivity index (χ2n) is 4.61. The maximum atomic E-state index is 11.0. The third kappa shape index (κ3) is 3.28. The van der Waals surface area contributed by atoms with Gasteiger partial charge in [0.05, 0.1) is 4.92 Å². The van der Waals surface area contributed by atoms with Crippen molar-refractivity contribution in [1.82, 2.24) is 14.9 Å². The molecule has 1 atom stereocenters. The van der Waals surface area contributed by atoms with Crippen molar-refractivity contribution in [2.75, 3.05) is 37.3 Å². The van der Waals surface area contributed by atoms with Crippen molar-refractivity contribution in [1.29, 1.82) is 0 Å². The van der Waals surface area contributed by atoms with E-state index in [1.54, 1.807) is 0 Å². The summed E-state index contributed by atoms with van der Waals surface area (Å²) < 4.78 is 0. The standard InChI is InChI=1S/C11H18N6O2/c1-3-12-11-13-6-9(17(18)19)10(15-11)14-8-4-5-16(2)7-8/h6,8H,3-5,7H2,1-2H3,(H2,12,13,14,15). The summed E-state index contributed by atoms with van der Waals surface area (Å²) in [5, 5.41) is 17.1. The molecule has 0 amide bonds. The van der Waals surface area contributed by atoms with Crippen molar-refractivity contribution in [3.05, 3.63) is 16.3 Å². The highest BCUT2D eigenvalue weighted by Crippen LogP contribution is 2.24. The first-order valence-corrected chi connectivity index (χ1v) is 6.30. The number of aromatic nitrogens is 2. The summed E-state index contributed by atoms with van der Waals surface area (Å²) in [6.45, 7) is 4.43. The number of nitro groups is 1. The molecule has 8 heteroatoms. The van der Waals surface area contributed by atoms with Gasteiger partial charge < -0.3 is 15.5 Å². The molecule has 0 bridgehead atoms. The zero-order valence-corrected chi connectivity index (χ0v) is 11.1. The van der Waals surface area contributed by atoms with Crippen LogP contribution in [0.1, 0.15) is 13.3 Å². The minimum atomic E-state index is -0.462. The first-order chi connectivity index (χ1) is 9.10. The largest absolute Gasteiger partial charge is 0.360 e. The number of hydrogen-bond donors (Lipinski definition) is 2. The van der Waals surface area contributed by atoms with Crippen LogP contribution < -0.4 is 10.6 Å². The van der Waals surface area contributed by atoms with Crippen LogP contribution >= 0.6 is 0 Å². The van der Waals surface area contributed by atoms with Crippen LogP contribution in [0.5, 0.6) is 0 Å². The topological polar surface area (TPSA) is 96.2 Å². The van der Waals surface area contributed by atoms with Crippen LogP contribution in [-0.2, 0) is 0 Å². The lowest BCUT2D eigenvalue weighted by Crippen LogP contribution is -2.24. The van der Waals surface area contributed by atoms with E-state index in [2.05, 4.69) is 25.5 Å². The van der Waals surface area contributed by atoms with Crippen molar-refractivity contribution >= 4 is 17.5 Å². The summed E-state index contributed by atoms with van der Waals surface area (Å²) in [7, 11) is 2.03. The van der Waals surface area contributed by atoms with Gasteiger partial charge in [0.25, 0.3) is 0 Å². The second-order valence-corrected chi connectivity index (χ2v) is 4.61. The molecule has 0 spiro atoms. The van der Waals surface area contributed by atoms with Crippen molar-refractivity contribution in [2.45, 2.75) is 19.4 Å². The maximum absolute atomic E-state index is 11.0. The molecule has 0 saturated carbocycles. The lowest BCUT2D eigenvalue weighted by atomic mass is 10.2. The van der Waals surface area contributed by atoms with Crippen LogP contribution in [-0.4, -0.2) is 52.5 Å². The maximum Gasteiger partial charge on any atom is 0.329 e. The number of rotatable bonds is 5. The lowest BCUT2D eigenvalue weighted by molar-refractivity contribution is -0.384. The number of hydrogen-bond acceptors (Lipinski definition) is 7. The third-order valence-electron chi connectivity index (χ3n) is 3.03. The Hall–Kier alpha value is -1.96. The Labute approximate surface area is 111 Å². The molecular weight excluding hydrogens is 248 g/mol. The molecular formula is C11H18N6O2. The normalized spacial score (nSPS) is 19.4. The SMILES string of the molecule is CCNc1ncc([N+](=O)[O-])c(NC2CCN(C)C2)n1. The van der Waals surface area contributed by atoms with E-state index in [9.17, 15) is 10.1 Å². The summed E-state index contributed by atoms with van der Waals surface area (Å²) in [6.07, 6.45) is 2.19. The minimum absolute atomic E-state index is 0.0868. The van der Waals surface area contributed by atoms with Gasteiger partial charge in [-0.1, -0.05) is 0 Å². The molecule has 104 valence electrons. The number of nitrogens with one attached hydrogen (secondary N) is 2. The highest BCUT2D eigenvalue weighted by Gasteiger charge is 2.24. The van der Waals surface area contributed by atoms with Crippen LogP contribution in [0, 0.1) is 10.1 Å². The summed E-state index contributed by atoms with van der Waals surface area (Å²) in [4.78, 5) is 20.8. The van der Waals surface area contributed by atoms with Crippen LogP contribution in [0.4, 0.5) is 17.5 Å². The van der Waals surface area contributed by atoms with E-state index in [4.69, 9.17) is 0 Å². The fraction of sp³-hybridized carbons (Fsp3) is 0.636. The third-order valence-corrected chi connectivity index (χ3v) is 3.03. The number of nitrogens with zero attached hydrogens (tertiary/aromatic N) is 4. The molecule has 1 saturated heterocycles. The van der Waals surface area contributed by atoms with Crippen LogP contribution in [0.3, 0.4) is 0 Å². The van der Waals surface area contributed by atoms with Gasteiger partial charge in [0.2, 0.25) is 11.8 Å². The van der Waals surface area contributed by atoms with E-state index in [1.165, 1.54) is 6.20 Å². The monoisotopic (exact) mass is 266 g/mol. The van der Waals surface area contributed by atoms with Crippen molar-refractivity contribution in [3.63, 3.8) is 0 Å². The van der Waals surface area contributed by atoms with Crippen molar-refractivity contribution < 1.29 is 4.92 Å². The molecule has 0 aliphatic carbocycles. The predicted molar refractivity (Wildman–Crippen MR) is 72.4 cm³/mol. The Balaban J connectivity index is 2.19. The van der Waals surface area contributed by atoms with E-state index < -0.39 is 4.92 Å². The molecule has 1 aromatic heterocycles. The fourth-order valence-electron chi connectivity index (χ4n) is 2.10. The number of likely N-dealkylation sites (tertiary alicyclic amines) is 1. The van der Waals surface area contributed by atoms with E-state index >= 15 is 0 Å². The van der Waals surface area contributed by atoms with E-state index in [1.807, 2.05) is 14.0 Å². The smallest absolute Gasteiger partial charge is 0.329 e. The average Bonchev–Trinajstić information content (AvgIpc) is 2.75. The molecule has 1 aliphatic heterocycles. The minimum Gasteiger partial charge on any atom is -0.360 e. The van der Waals surface area contributed by atoms with Crippen LogP contribution in [0.15, 0.2) is 6.20 Å². The summed E-state index contributed by atoms with van der Waals surface area (Å²) in [6, 6.07) is 0.188. The Bertz CT molecular complexity index is 466. The molecule has 1 aliphatic rings.